The summed E-state index contributed by atoms with van der Waals surface area (Å²) in [6, 6.07) is -1.36. The lowest BCUT2D eigenvalue weighted by Gasteiger charge is -2.39. The normalized spacial score (nSPS) is 27.9. The molecule has 0 aromatic rings. The van der Waals surface area contributed by atoms with E-state index in [2.05, 4.69) is 17.9 Å². The fourth-order valence-electron chi connectivity index (χ4n) is 2.63. The third-order valence-electron chi connectivity index (χ3n) is 3.99. The first kappa shape index (κ1) is 20.6. The molecular formula is C10H24N2O7P2S. The van der Waals surface area contributed by atoms with Crippen LogP contribution < -0.4 is 11.1 Å². The van der Waals surface area contributed by atoms with Gasteiger partial charge in [0.05, 0.1) is 0 Å². The average Bonchev–Trinajstić information content (AvgIpc) is 2.36. The zero-order chi connectivity index (χ0) is 17.2. The molecule has 0 saturated carbocycles. The van der Waals surface area contributed by atoms with Crippen molar-refractivity contribution in [3.05, 3.63) is 0 Å². The summed E-state index contributed by atoms with van der Waals surface area (Å²) in [6.45, 7) is 0.505. The maximum absolute atomic E-state index is 11.4. The number of nitrogens with one attached hydrogen (secondary N) is 1. The van der Waals surface area contributed by atoms with Gasteiger partial charge in [0.1, 0.15) is 0 Å². The van der Waals surface area contributed by atoms with E-state index in [4.69, 9.17) is 25.3 Å². The molecular weight excluding hydrogens is 354 g/mol. The molecule has 0 spiro atoms. The fourth-order valence-corrected chi connectivity index (χ4v) is 5.04. The summed E-state index contributed by atoms with van der Waals surface area (Å²) in [7, 11) is -10.9. The molecule has 132 valence electrons. The van der Waals surface area contributed by atoms with E-state index in [1.807, 2.05) is 0 Å². The van der Waals surface area contributed by atoms with Gasteiger partial charge in [-0.1, -0.05) is 0 Å². The summed E-state index contributed by atoms with van der Waals surface area (Å²) < 4.78 is 22.7. The van der Waals surface area contributed by atoms with Crippen molar-refractivity contribution in [1.29, 1.82) is 0 Å². The number of piperidine rings is 1. The summed E-state index contributed by atoms with van der Waals surface area (Å²) in [4.78, 5) is 36.6. The van der Waals surface area contributed by atoms with Crippen molar-refractivity contribution in [1.82, 2.24) is 5.32 Å². The minimum absolute atomic E-state index is 0.261. The SMILES string of the molecule is NC1CC(CCCS)CNC1CC(O)(P(=O)(O)O)P(=O)(O)O. The predicted octanol–water partition coefficient (Wildman–Crippen LogP) is -0.607. The summed E-state index contributed by atoms with van der Waals surface area (Å²) in [6.07, 6.45) is 1.52. The minimum Gasteiger partial charge on any atom is -0.367 e. The zero-order valence-corrected chi connectivity index (χ0v) is 14.6. The van der Waals surface area contributed by atoms with Gasteiger partial charge in [-0.05, 0) is 37.5 Å². The molecule has 9 nitrogen and oxygen atoms in total. The van der Waals surface area contributed by atoms with Crippen LogP contribution in [-0.2, 0) is 9.13 Å². The standard InChI is InChI=1S/C10H24N2O7P2S/c11-8-4-7(2-1-3-22)6-12-9(8)5-10(13,20(14,15)16)21(17,18)19/h7-9,12-13,22H,1-6,11H2,(H2,14,15,16)(H2,17,18,19). The first-order valence-corrected chi connectivity index (χ1v) is 10.7. The molecule has 0 radical (unpaired) electrons. The highest BCUT2D eigenvalue weighted by Crippen LogP contribution is 2.69. The van der Waals surface area contributed by atoms with Crippen molar-refractivity contribution >= 4 is 27.8 Å². The van der Waals surface area contributed by atoms with Gasteiger partial charge in [-0.2, -0.15) is 12.6 Å². The van der Waals surface area contributed by atoms with Gasteiger partial charge >= 0.3 is 15.2 Å². The second kappa shape index (κ2) is 7.61. The number of hydrogen-bond donors (Lipinski definition) is 8. The quantitative estimate of drug-likeness (QED) is 0.212. The number of hydrogen-bond acceptors (Lipinski definition) is 6. The maximum Gasteiger partial charge on any atom is 0.369 e. The van der Waals surface area contributed by atoms with Gasteiger partial charge in [0.15, 0.2) is 0 Å². The van der Waals surface area contributed by atoms with Gasteiger partial charge < -0.3 is 35.7 Å². The Labute approximate surface area is 134 Å². The van der Waals surface area contributed by atoms with Gasteiger partial charge in [0, 0.05) is 18.5 Å². The molecule has 0 bridgehead atoms. The molecule has 1 aliphatic rings. The molecule has 0 aromatic carbocycles. The summed E-state index contributed by atoms with van der Waals surface area (Å²) >= 11 is 4.12. The highest BCUT2D eigenvalue weighted by Gasteiger charge is 2.60. The highest BCUT2D eigenvalue weighted by atomic mass is 32.1. The number of nitrogens with two attached hydrogens (primary N) is 1. The monoisotopic (exact) mass is 378 g/mol. The molecule has 22 heavy (non-hydrogen) atoms. The highest BCUT2D eigenvalue weighted by molar-refractivity contribution is 7.80. The molecule has 1 rings (SSSR count). The summed E-state index contributed by atoms with van der Waals surface area (Å²) in [5.41, 5.74) is 5.94. The van der Waals surface area contributed by atoms with Gasteiger partial charge in [-0.25, -0.2) is 0 Å². The number of thiol groups is 1. The second-order valence-corrected chi connectivity index (χ2v) is 10.2. The molecule has 8 N–H and O–H groups in total. The molecule has 0 aromatic heterocycles. The first-order valence-electron chi connectivity index (χ1n) is 6.86. The van der Waals surface area contributed by atoms with Gasteiger partial charge in [0.25, 0.3) is 5.08 Å². The molecule has 3 unspecified atom stereocenters. The molecule has 0 aliphatic carbocycles. The Hall–Kier alpha value is 0.530. The maximum atomic E-state index is 11.4. The van der Waals surface area contributed by atoms with Crippen molar-refractivity contribution < 1.29 is 33.8 Å². The van der Waals surface area contributed by atoms with Crippen molar-refractivity contribution in [2.24, 2.45) is 11.7 Å². The Bertz CT molecular complexity index is 446. The topological polar surface area (TPSA) is 173 Å². The Morgan fingerprint density at radius 2 is 1.77 bits per heavy atom. The van der Waals surface area contributed by atoms with Crippen LogP contribution in [0, 0.1) is 5.92 Å². The molecule has 12 heteroatoms. The van der Waals surface area contributed by atoms with Gasteiger partial charge in [-0.15, -0.1) is 0 Å². The fraction of sp³-hybridized carbons (Fsp3) is 1.00. The van der Waals surface area contributed by atoms with Crippen LogP contribution in [0.1, 0.15) is 25.7 Å². The summed E-state index contributed by atoms with van der Waals surface area (Å²) in [5, 5.41) is 9.44. The molecule has 3 atom stereocenters. The lowest BCUT2D eigenvalue weighted by atomic mass is 9.87. The van der Waals surface area contributed by atoms with E-state index in [0.717, 1.165) is 18.6 Å². The Kier molecular flexibility index (Phi) is 7.12. The van der Waals surface area contributed by atoms with Crippen LogP contribution in [0.4, 0.5) is 0 Å². The first-order chi connectivity index (χ1) is 9.92. The van der Waals surface area contributed by atoms with Crippen LogP contribution in [0.25, 0.3) is 0 Å². The molecule has 1 fully saturated rings. The predicted molar refractivity (Wildman–Crippen MR) is 84.6 cm³/mol. The van der Waals surface area contributed by atoms with Crippen LogP contribution >= 0.6 is 27.8 Å². The van der Waals surface area contributed by atoms with Gasteiger partial charge in [-0.3, -0.25) is 9.13 Å². The summed E-state index contributed by atoms with van der Waals surface area (Å²) in [5.74, 6) is 1.00. The van der Waals surface area contributed by atoms with Crippen LogP contribution in [0.15, 0.2) is 0 Å². The van der Waals surface area contributed by atoms with Crippen LogP contribution in [-0.4, -0.2) is 54.1 Å². The van der Waals surface area contributed by atoms with Crippen LogP contribution in [0.2, 0.25) is 0 Å². The smallest absolute Gasteiger partial charge is 0.367 e. The molecule has 0 amide bonds. The number of rotatable bonds is 7. The average molecular weight is 378 g/mol. The van der Waals surface area contributed by atoms with E-state index < -0.39 is 38.8 Å². The lowest BCUT2D eigenvalue weighted by molar-refractivity contribution is 0.0996. The van der Waals surface area contributed by atoms with Crippen LogP contribution in [0.3, 0.4) is 0 Å². The Morgan fingerprint density at radius 1 is 1.23 bits per heavy atom. The minimum atomic E-state index is -5.45. The van der Waals surface area contributed by atoms with Gasteiger partial charge in [0.2, 0.25) is 0 Å². The molecule has 1 aliphatic heterocycles. The largest absolute Gasteiger partial charge is 0.369 e. The Balaban J connectivity index is 2.81. The van der Waals surface area contributed by atoms with Crippen molar-refractivity contribution in [2.75, 3.05) is 12.3 Å². The van der Waals surface area contributed by atoms with E-state index in [9.17, 15) is 14.2 Å². The van der Waals surface area contributed by atoms with Crippen LogP contribution in [0.5, 0.6) is 0 Å². The third-order valence-corrected chi connectivity index (χ3v) is 8.10. The van der Waals surface area contributed by atoms with Crippen molar-refractivity contribution in [3.8, 4) is 0 Å². The number of aliphatic hydroxyl groups is 1. The van der Waals surface area contributed by atoms with Crippen molar-refractivity contribution in [2.45, 2.75) is 42.9 Å². The lowest BCUT2D eigenvalue weighted by Crippen LogP contribution is -2.55. The van der Waals surface area contributed by atoms with E-state index in [-0.39, 0.29) is 5.92 Å². The van der Waals surface area contributed by atoms with E-state index >= 15 is 0 Å². The van der Waals surface area contributed by atoms with Crippen molar-refractivity contribution in [3.63, 3.8) is 0 Å². The van der Waals surface area contributed by atoms with E-state index in [1.54, 1.807) is 0 Å². The van der Waals surface area contributed by atoms with E-state index in [1.165, 1.54) is 0 Å². The second-order valence-electron chi connectivity index (χ2n) is 5.71. The Morgan fingerprint density at radius 3 is 2.18 bits per heavy atom. The molecule has 1 saturated heterocycles. The zero-order valence-electron chi connectivity index (χ0n) is 11.9. The third kappa shape index (κ3) is 4.77. The molecule has 1 heterocycles. The van der Waals surface area contributed by atoms with E-state index in [0.29, 0.717) is 13.0 Å².